The summed E-state index contributed by atoms with van der Waals surface area (Å²) >= 11 is 14.8. The third-order valence-corrected chi connectivity index (χ3v) is 4.14. The van der Waals surface area contributed by atoms with Crippen LogP contribution in [-0.2, 0) is 11.5 Å². The number of thioether (sulfide) groups is 1. The van der Waals surface area contributed by atoms with Gasteiger partial charge in [0.05, 0.1) is 0 Å². The van der Waals surface area contributed by atoms with Gasteiger partial charge in [-0.25, -0.2) is 0 Å². The van der Waals surface area contributed by atoms with Crippen LogP contribution in [0.2, 0.25) is 9.36 Å². The first kappa shape index (κ1) is 12.2. The second kappa shape index (κ2) is 5.87. The smallest absolute Gasteiger partial charge is 0.138 e. The summed E-state index contributed by atoms with van der Waals surface area (Å²) in [5.74, 6) is 1.68. The van der Waals surface area contributed by atoms with Crippen LogP contribution >= 0.6 is 46.5 Å². The Hall–Kier alpha value is -0.290. The molecule has 0 spiro atoms. The topological polar surface area (TPSA) is 25.8 Å². The van der Waals surface area contributed by atoms with Crippen LogP contribution in [0.4, 0.5) is 0 Å². The molecule has 0 unspecified atom stereocenters. The van der Waals surface area contributed by atoms with E-state index in [4.69, 9.17) is 23.2 Å². The van der Waals surface area contributed by atoms with E-state index in [2.05, 4.69) is 15.7 Å². The number of halogens is 2. The Morgan fingerprint density at radius 3 is 2.81 bits per heavy atom. The van der Waals surface area contributed by atoms with Crippen LogP contribution in [0.25, 0.3) is 0 Å². The van der Waals surface area contributed by atoms with E-state index in [1.54, 1.807) is 11.8 Å². The standard InChI is InChI=1S/C10H8Cl2N2S2/c11-8-3-1-2-7(4-8)5-15-6-9-10(12)16-14-13-9/h1-4H,5-6H2. The normalized spacial score (nSPS) is 10.6. The monoisotopic (exact) mass is 290 g/mol. The van der Waals surface area contributed by atoms with Crippen molar-refractivity contribution in [2.45, 2.75) is 11.5 Å². The van der Waals surface area contributed by atoms with Crippen LogP contribution in [0.1, 0.15) is 11.3 Å². The first-order chi connectivity index (χ1) is 7.75. The molecule has 0 amide bonds. The molecule has 0 radical (unpaired) electrons. The van der Waals surface area contributed by atoms with Crippen molar-refractivity contribution in [1.82, 2.24) is 9.59 Å². The molecule has 0 N–H and O–H groups in total. The molecule has 6 heteroatoms. The van der Waals surface area contributed by atoms with Crippen molar-refractivity contribution in [2.75, 3.05) is 0 Å². The summed E-state index contributed by atoms with van der Waals surface area (Å²) in [6, 6.07) is 7.85. The molecule has 0 atom stereocenters. The van der Waals surface area contributed by atoms with Crippen LogP contribution in [0.5, 0.6) is 0 Å². The highest BCUT2D eigenvalue weighted by atomic mass is 35.5. The molecule has 1 aromatic heterocycles. The van der Waals surface area contributed by atoms with E-state index in [1.165, 1.54) is 17.1 Å². The number of nitrogens with zero attached hydrogens (tertiary/aromatic N) is 2. The van der Waals surface area contributed by atoms with Gasteiger partial charge in [0.25, 0.3) is 0 Å². The van der Waals surface area contributed by atoms with Crippen molar-refractivity contribution in [2.24, 2.45) is 0 Å². The molecular weight excluding hydrogens is 283 g/mol. The summed E-state index contributed by atoms with van der Waals surface area (Å²) in [6.45, 7) is 0. The number of benzene rings is 1. The molecule has 2 rings (SSSR count). The molecule has 1 aromatic carbocycles. The van der Waals surface area contributed by atoms with Gasteiger partial charge >= 0.3 is 0 Å². The molecule has 2 aromatic rings. The highest BCUT2D eigenvalue weighted by molar-refractivity contribution is 7.97. The lowest BCUT2D eigenvalue weighted by molar-refractivity contribution is 1.07. The molecule has 0 aliphatic carbocycles. The van der Waals surface area contributed by atoms with E-state index in [1.807, 2.05) is 18.2 Å². The largest absolute Gasteiger partial charge is 0.151 e. The Kier molecular flexibility index (Phi) is 4.46. The fraction of sp³-hybridized carbons (Fsp3) is 0.200. The molecule has 0 aliphatic rings. The second-order valence-corrected chi connectivity index (χ2v) is 5.89. The van der Waals surface area contributed by atoms with Crippen molar-refractivity contribution in [3.63, 3.8) is 0 Å². The van der Waals surface area contributed by atoms with Crippen molar-refractivity contribution in [3.8, 4) is 0 Å². The summed E-state index contributed by atoms with van der Waals surface area (Å²) < 4.78 is 4.47. The van der Waals surface area contributed by atoms with Crippen LogP contribution in [0.3, 0.4) is 0 Å². The average Bonchev–Trinajstić information content (AvgIpc) is 2.65. The fourth-order valence-corrected chi connectivity index (χ4v) is 3.10. The maximum absolute atomic E-state index is 5.91. The zero-order valence-electron chi connectivity index (χ0n) is 8.19. The minimum Gasteiger partial charge on any atom is -0.151 e. The Morgan fingerprint density at radius 1 is 1.25 bits per heavy atom. The Morgan fingerprint density at radius 2 is 2.12 bits per heavy atom. The Bertz CT molecular complexity index is 473. The van der Waals surface area contributed by atoms with E-state index in [-0.39, 0.29) is 0 Å². The van der Waals surface area contributed by atoms with E-state index in [0.717, 1.165) is 22.2 Å². The predicted octanol–water partition coefficient (Wildman–Crippen LogP) is 4.28. The average molecular weight is 291 g/mol. The predicted molar refractivity (Wildman–Crippen MR) is 71.4 cm³/mol. The van der Waals surface area contributed by atoms with Gasteiger partial charge in [0.1, 0.15) is 10.0 Å². The van der Waals surface area contributed by atoms with Crippen LogP contribution < -0.4 is 0 Å². The molecule has 0 saturated carbocycles. The molecule has 84 valence electrons. The number of hydrogen-bond donors (Lipinski definition) is 0. The van der Waals surface area contributed by atoms with Gasteiger partial charge in [-0.2, -0.15) is 11.8 Å². The first-order valence-electron chi connectivity index (χ1n) is 4.54. The van der Waals surface area contributed by atoms with E-state index in [0.29, 0.717) is 4.34 Å². The van der Waals surface area contributed by atoms with E-state index in [9.17, 15) is 0 Å². The minimum atomic E-state index is 0.679. The SMILES string of the molecule is Clc1cccc(CSCc2nnsc2Cl)c1. The van der Waals surface area contributed by atoms with Gasteiger partial charge in [0, 0.05) is 28.1 Å². The maximum atomic E-state index is 5.91. The Balaban J connectivity index is 1.87. The molecule has 0 saturated heterocycles. The minimum absolute atomic E-state index is 0.679. The van der Waals surface area contributed by atoms with Gasteiger partial charge in [-0.3, -0.25) is 0 Å². The lowest BCUT2D eigenvalue weighted by atomic mass is 10.2. The third kappa shape index (κ3) is 3.35. The summed E-state index contributed by atoms with van der Waals surface area (Å²) in [6.07, 6.45) is 0. The summed E-state index contributed by atoms with van der Waals surface area (Å²) in [7, 11) is 0. The zero-order valence-corrected chi connectivity index (χ0v) is 11.3. The second-order valence-electron chi connectivity index (χ2n) is 3.12. The van der Waals surface area contributed by atoms with Crippen molar-refractivity contribution in [3.05, 3.63) is 44.9 Å². The Labute approximate surface area is 112 Å². The zero-order chi connectivity index (χ0) is 11.4. The van der Waals surface area contributed by atoms with Crippen LogP contribution in [0, 0.1) is 0 Å². The van der Waals surface area contributed by atoms with Gasteiger partial charge < -0.3 is 0 Å². The lowest BCUT2D eigenvalue weighted by Gasteiger charge is -2.00. The highest BCUT2D eigenvalue weighted by Crippen LogP contribution is 2.24. The van der Waals surface area contributed by atoms with Crippen molar-refractivity contribution < 1.29 is 0 Å². The molecular formula is C10H8Cl2N2S2. The van der Waals surface area contributed by atoms with Crippen LogP contribution in [-0.4, -0.2) is 9.59 Å². The molecule has 2 nitrogen and oxygen atoms in total. The van der Waals surface area contributed by atoms with Crippen molar-refractivity contribution >= 4 is 46.5 Å². The van der Waals surface area contributed by atoms with E-state index < -0.39 is 0 Å². The highest BCUT2D eigenvalue weighted by Gasteiger charge is 2.05. The number of rotatable bonds is 4. The summed E-state index contributed by atoms with van der Waals surface area (Å²) in [5, 5.41) is 4.72. The summed E-state index contributed by atoms with van der Waals surface area (Å²) in [5.41, 5.74) is 2.07. The van der Waals surface area contributed by atoms with Crippen molar-refractivity contribution in [1.29, 1.82) is 0 Å². The quantitative estimate of drug-likeness (QED) is 0.841. The maximum Gasteiger partial charge on any atom is 0.138 e. The van der Waals surface area contributed by atoms with Gasteiger partial charge in [-0.05, 0) is 17.7 Å². The third-order valence-electron chi connectivity index (χ3n) is 1.91. The first-order valence-corrected chi connectivity index (χ1v) is 7.23. The number of aromatic nitrogens is 2. The van der Waals surface area contributed by atoms with Gasteiger partial charge in [-0.1, -0.05) is 39.8 Å². The van der Waals surface area contributed by atoms with Crippen LogP contribution in [0.15, 0.2) is 24.3 Å². The number of hydrogen-bond acceptors (Lipinski definition) is 4. The van der Waals surface area contributed by atoms with Gasteiger partial charge in [-0.15, -0.1) is 5.10 Å². The molecule has 0 bridgehead atoms. The van der Waals surface area contributed by atoms with Gasteiger partial charge in [0.15, 0.2) is 0 Å². The molecule has 1 heterocycles. The molecule has 0 fully saturated rings. The molecule has 16 heavy (non-hydrogen) atoms. The summed E-state index contributed by atoms with van der Waals surface area (Å²) in [4.78, 5) is 0. The van der Waals surface area contributed by atoms with Gasteiger partial charge in [0.2, 0.25) is 0 Å². The fourth-order valence-electron chi connectivity index (χ4n) is 1.18. The molecule has 0 aliphatic heterocycles. The van der Waals surface area contributed by atoms with E-state index >= 15 is 0 Å². The lowest BCUT2D eigenvalue weighted by Crippen LogP contribution is -1.84.